The molecule has 1 aromatic carbocycles. The minimum atomic E-state index is -0.325. The van der Waals surface area contributed by atoms with Crippen LogP contribution in [0.25, 0.3) is 0 Å². The van der Waals surface area contributed by atoms with Crippen molar-refractivity contribution in [3.05, 3.63) is 35.9 Å². The zero-order chi connectivity index (χ0) is 12.5. The molecular weight excluding hydrogens is 216 g/mol. The second kappa shape index (κ2) is 7.60. The van der Waals surface area contributed by atoms with Gasteiger partial charge in [0.25, 0.3) is 0 Å². The Morgan fingerprint density at radius 1 is 1.12 bits per heavy atom. The van der Waals surface area contributed by atoms with Crippen LogP contribution in [0.5, 0.6) is 0 Å². The molecular formula is C14H18O3. The number of ketones is 1. The normalized spacial score (nSPS) is 9.94. The van der Waals surface area contributed by atoms with Crippen LogP contribution in [-0.4, -0.2) is 18.4 Å². The highest BCUT2D eigenvalue weighted by Crippen LogP contribution is 2.03. The van der Waals surface area contributed by atoms with E-state index in [0.717, 1.165) is 6.42 Å². The van der Waals surface area contributed by atoms with E-state index in [-0.39, 0.29) is 11.8 Å². The number of carbonyl (C=O) groups is 2. The number of benzene rings is 1. The number of carbonyl (C=O) groups excluding carboxylic acids is 2. The minimum Gasteiger partial charge on any atom is -0.462 e. The Kier molecular flexibility index (Phi) is 6.00. The fourth-order valence-corrected chi connectivity index (χ4v) is 1.50. The molecule has 3 heteroatoms. The molecule has 1 aromatic rings. The molecule has 1 rings (SSSR count). The molecule has 0 aliphatic rings. The summed E-state index contributed by atoms with van der Waals surface area (Å²) in [6.45, 7) is 2.29. The lowest BCUT2D eigenvalue weighted by molar-refractivity contribution is -0.119. The predicted molar refractivity (Wildman–Crippen MR) is 65.9 cm³/mol. The summed E-state index contributed by atoms with van der Waals surface area (Å²) in [5.41, 5.74) is 0.549. The first-order valence-electron chi connectivity index (χ1n) is 5.98. The molecule has 0 aliphatic carbocycles. The maximum absolute atomic E-state index is 11.5. The summed E-state index contributed by atoms with van der Waals surface area (Å²) in [4.78, 5) is 22.7. The Balaban J connectivity index is 2.19. The molecule has 0 aromatic heterocycles. The fourth-order valence-electron chi connectivity index (χ4n) is 1.50. The molecule has 0 radical (unpaired) electrons. The van der Waals surface area contributed by atoms with Gasteiger partial charge in [-0.25, -0.2) is 4.79 Å². The fraction of sp³-hybridized carbons (Fsp3) is 0.429. The molecule has 0 amide bonds. The van der Waals surface area contributed by atoms with E-state index in [2.05, 4.69) is 0 Å². The lowest BCUT2D eigenvalue weighted by atomic mass is 10.1. The van der Waals surface area contributed by atoms with Crippen molar-refractivity contribution in [2.45, 2.75) is 32.6 Å². The summed E-state index contributed by atoms with van der Waals surface area (Å²) in [6.07, 6.45) is 2.60. The Labute approximate surface area is 102 Å². The van der Waals surface area contributed by atoms with Gasteiger partial charge in [-0.05, 0) is 25.0 Å². The Hall–Kier alpha value is -1.64. The van der Waals surface area contributed by atoms with Crippen LogP contribution in [0.1, 0.15) is 43.0 Å². The van der Waals surface area contributed by atoms with Crippen LogP contribution in [0.4, 0.5) is 0 Å². The lowest BCUT2D eigenvalue weighted by Crippen LogP contribution is -2.07. The smallest absolute Gasteiger partial charge is 0.338 e. The highest BCUT2D eigenvalue weighted by Gasteiger charge is 2.06. The van der Waals surface area contributed by atoms with Gasteiger partial charge in [0.2, 0.25) is 0 Å². The van der Waals surface area contributed by atoms with E-state index in [4.69, 9.17) is 4.74 Å². The largest absolute Gasteiger partial charge is 0.462 e. The maximum Gasteiger partial charge on any atom is 0.338 e. The molecule has 0 N–H and O–H groups in total. The van der Waals surface area contributed by atoms with Crippen molar-refractivity contribution in [2.24, 2.45) is 0 Å². The Bertz CT molecular complexity index is 357. The van der Waals surface area contributed by atoms with Crippen molar-refractivity contribution >= 4 is 11.8 Å². The number of Topliss-reactive ketones (excluding diaryl/α,β-unsaturated/α-hetero) is 1. The number of rotatable bonds is 7. The standard InChI is InChI=1S/C14H18O3/c1-2-7-13(15)10-6-11-17-14(16)12-8-4-3-5-9-12/h3-5,8-9H,2,6-7,10-11H2,1H3. The third kappa shape index (κ3) is 5.29. The monoisotopic (exact) mass is 234 g/mol. The summed E-state index contributed by atoms with van der Waals surface area (Å²) in [5.74, 6) is -0.0863. The maximum atomic E-state index is 11.5. The van der Waals surface area contributed by atoms with E-state index in [0.29, 0.717) is 31.4 Å². The molecule has 0 heterocycles. The average Bonchev–Trinajstić information content (AvgIpc) is 2.36. The summed E-state index contributed by atoms with van der Waals surface area (Å²) in [6, 6.07) is 8.86. The summed E-state index contributed by atoms with van der Waals surface area (Å²) in [7, 11) is 0. The molecule has 3 nitrogen and oxygen atoms in total. The van der Waals surface area contributed by atoms with Crippen LogP contribution < -0.4 is 0 Å². The van der Waals surface area contributed by atoms with Crippen LogP contribution in [0.15, 0.2) is 30.3 Å². The quantitative estimate of drug-likeness (QED) is 0.538. The van der Waals surface area contributed by atoms with Crippen LogP contribution in [0, 0.1) is 0 Å². The number of hydrogen-bond donors (Lipinski definition) is 0. The molecule has 17 heavy (non-hydrogen) atoms. The topological polar surface area (TPSA) is 43.4 Å². The van der Waals surface area contributed by atoms with Crippen molar-refractivity contribution in [1.82, 2.24) is 0 Å². The first kappa shape index (κ1) is 13.4. The summed E-state index contributed by atoms with van der Waals surface area (Å²) < 4.78 is 5.07. The van der Waals surface area contributed by atoms with E-state index < -0.39 is 0 Å². The highest BCUT2D eigenvalue weighted by atomic mass is 16.5. The van der Waals surface area contributed by atoms with Gasteiger partial charge >= 0.3 is 5.97 Å². The van der Waals surface area contributed by atoms with Gasteiger partial charge in [-0.3, -0.25) is 4.79 Å². The van der Waals surface area contributed by atoms with Crippen molar-refractivity contribution in [3.63, 3.8) is 0 Å². The van der Waals surface area contributed by atoms with Crippen molar-refractivity contribution in [3.8, 4) is 0 Å². The molecule has 0 saturated heterocycles. The number of ether oxygens (including phenoxy) is 1. The van der Waals surface area contributed by atoms with Gasteiger partial charge in [-0.1, -0.05) is 25.1 Å². The third-order valence-corrected chi connectivity index (χ3v) is 2.37. The van der Waals surface area contributed by atoms with Gasteiger partial charge in [-0.15, -0.1) is 0 Å². The van der Waals surface area contributed by atoms with Gasteiger partial charge < -0.3 is 4.74 Å². The van der Waals surface area contributed by atoms with Gasteiger partial charge in [0.1, 0.15) is 5.78 Å². The van der Waals surface area contributed by atoms with E-state index in [9.17, 15) is 9.59 Å². The van der Waals surface area contributed by atoms with Crippen LogP contribution >= 0.6 is 0 Å². The first-order chi connectivity index (χ1) is 8.24. The van der Waals surface area contributed by atoms with E-state index in [1.54, 1.807) is 24.3 Å². The molecule has 0 fully saturated rings. The molecule has 0 bridgehead atoms. The predicted octanol–water partition coefficient (Wildman–Crippen LogP) is 2.99. The molecule has 0 atom stereocenters. The van der Waals surface area contributed by atoms with E-state index >= 15 is 0 Å². The van der Waals surface area contributed by atoms with Crippen LogP contribution in [0.2, 0.25) is 0 Å². The summed E-state index contributed by atoms with van der Waals surface area (Å²) in [5, 5.41) is 0. The zero-order valence-electron chi connectivity index (χ0n) is 10.1. The van der Waals surface area contributed by atoms with E-state index in [1.807, 2.05) is 13.0 Å². The minimum absolute atomic E-state index is 0.239. The third-order valence-electron chi connectivity index (χ3n) is 2.37. The zero-order valence-corrected chi connectivity index (χ0v) is 10.1. The van der Waals surface area contributed by atoms with E-state index in [1.165, 1.54) is 0 Å². The van der Waals surface area contributed by atoms with Crippen molar-refractivity contribution in [1.29, 1.82) is 0 Å². The molecule has 0 spiro atoms. The number of hydrogen-bond acceptors (Lipinski definition) is 3. The molecule has 0 saturated carbocycles. The Morgan fingerprint density at radius 3 is 2.47 bits per heavy atom. The summed E-state index contributed by atoms with van der Waals surface area (Å²) >= 11 is 0. The van der Waals surface area contributed by atoms with Crippen LogP contribution in [-0.2, 0) is 9.53 Å². The first-order valence-corrected chi connectivity index (χ1v) is 5.98. The SMILES string of the molecule is CCCC(=O)CCCOC(=O)c1ccccc1. The second-order valence-electron chi connectivity index (χ2n) is 3.89. The van der Waals surface area contributed by atoms with Gasteiger partial charge in [-0.2, -0.15) is 0 Å². The lowest BCUT2D eigenvalue weighted by Gasteiger charge is -2.04. The van der Waals surface area contributed by atoms with Crippen molar-refractivity contribution < 1.29 is 14.3 Å². The van der Waals surface area contributed by atoms with Gasteiger partial charge in [0.05, 0.1) is 12.2 Å². The second-order valence-corrected chi connectivity index (χ2v) is 3.89. The Morgan fingerprint density at radius 2 is 1.82 bits per heavy atom. The van der Waals surface area contributed by atoms with Crippen molar-refractivity contribution in [2.75, 3.05) is 6.61 Å². The molecule has 92 valence electrons. The molecule has 0 unspecified atom stereocenters. The number of esters is 1. The average molecular weight is 234 g/mol. The molecule has 0 aliphatic heterocycles. The van der Waals surface area contributed by atoms with Gasteiger partial charge in [0, 0.05) is 12.8 Å². The highest BCUT2D eigenvalue weighted by molar-refractivity contribution is 5.89. The van der Waals surface area contributed by atoms with Crippen LogP contribution in [0.3, 0.4) is 0 Å². The van der Waals surface area contributed by atoms with Gasteiger partial charge in [0.15, 0.2) is 0 Å².